The molecule has 0 saturated heterocycles. The van der Waals surface area contributed by atoms with Crippen LogP contribution in [0.1, 0.15) is 42.7 Å². The summed E-state index contributed by atoms with van der Waals surface area (Å²) >= 11 is 0. The van der Waals surface area contributed by atoms with Gasteiger partial charge in [0.15, 0.2) is 0 Å². The van der Waals surface area contributed by atoms with Crippen LogP contribution in [0.4, 0.5) is 0 Å². The lowest BCUT2D eigenvalue weighted by Gasteiger charge is -2.16. The van der Waals surface area contributed by atoms with Crippen LogP contribution >= 0.6 is 0 Å². The van der Waals surface area contributed by atoms with Crippen molar-refractivity contribution in [2.45, 2.75) is 38.5 Å². The zero-order valence-corrected chi connectivity index (χ0v) is 9.87. The topological polar surface area (TPSA) is 0 Å². The Morgan fingerprint density at radius 2 is 1.69 bits per heavy atom. The Morgan fingerprint density at radius 3 is 2.50 bits per heavy atom. The summed E-state index contributed by atoms with van der Waals surface area (Å²) in [6.07, 6.45) is 5.59. The second-order valence-electron chi connectivity index (χ2n) is 5.00. The minimum atomic E-state index is 0.811. The van der Waals surface area contributed by atoms with Crippen molar-refractivity contribution in [2.24, 2.45) is 0 Å². The van der Waals surface area contributed by atoms with Gasteiger partial charge in [-0.15, -0.1) is 0 Å². The SMILES string of the molecule is Cc1ccc2ccccc2c1C1CCCC1. The predicted octanol–water partition coefficient (Wildman–Crippen LogP) is 4.81. The maximum absolute atomic E-state index is 2.29. The van der Waals surface area contributed by atoms with Crippen molar-refractivity contribution in [3.8, 4) is 0 Å². The molecular formula is C16H18. The number of benzene rings is 2. The first kappa shape index (κ1) is 9.89. The highest BCUT2D eigenvalue weighted by Gasteiger charge is 2.20. The fraction of sp³-hybridized carbons (Fsp3) is 0.375. The molecule has 0 radical (unpaired) electrons. The van der Waals surface area contributed by atoms with Gasteiger partial charge in [-0.1, -0.05) is 49.2 Å². The Morgan fingerprint density at radius 1 is 0.938 bits per heavy atom. The van der Waals surface area contributed by atoms with E-state index in [1.165, 1.54) is 42.0 Å². The number of hydrogen-bond acceptors (Lipinski definition) is 0. The van der Waals surface area contributed by atoms with Crippen molar-refractivity contribution < 1.29 is 0 Å². The molecule has 0 aromatic heterocycles. The number of hydrogen-bond donors (Lipinski definition) is 0. The van der Waals surface area contributed by atoms with E-state index in [0.717, 1.165) is 5.92 Å². The standard InChI is InChI=1S/C16H18/c1-12-10-11-13-6-4-5-9-15(13)16(12)14-7-2-3-8-14/h4-6,9-11,14H,2-3,7-8H2,1H3. The quantitative estimate of drug-likeness (QED) is 0.634. The van der Waals surface area contributed by atoms with Gasteiger partial charge in [0, 0.05) is 0 Å². The molecule has 3 rings (SSSR count). The third-order valence-corrected chi connectivity index (χ3v) is 3.95. The summed E-state index contributed by atoms with van der Waals surface area (Å²) in [7, 11) is 0. The zero-order valence-electron chi connectivity index (χ0n) is 9.87. The van der Waals surface area contributed by atoms with Crippen LogP contribution in [0.2, 0.25) is 0 Å². The molecular weight excluding hydrogens is 192 g/mol. The van der Waals surface area contributed by atoms with E-state index in [2.05, 4.69) is 43.3 Å². The molecule has 1 saturated carbocycles. The molecule has 0 spiro atoms. The van der Waals surface area contributed by atoms with Crippen LogP contribution in [0.5, 0.6) is 0 Å². The summed E-state index contributed by atoms with van der Waals surface area (Å²) < 4.78 is 0. The largest absolute Gasteiger partial charge is 0.0616 e. The van der Waals surface area contributed by atoms with Gasteiger partial charge in [-0.3, -0.25) is 0 Å². The van der Waals surface area contributed by atoms with E-state index in [9.17, 15) is 0 Å². The highest BCUT2D eigenvalue weighted by molar-refractivity contribution is 5.87. The Labute approximate surface area is 97.3 Å². The lowest BCUT2D eigenvalue weighted by atomic mass is 9.89. The molecule has 2 aromatic carbocycles. The molecule has 82 valence electrons. The van der Waals surface area contributed by atoms with E-state index in [1.54, 1.807) is 5.56 Å². The second-order valence-corrected chi connectivity index (χ2v) is 5.00. The van der Waals surface area contributed by atoms with Crippen molar-refractivity contribution in [1.29, 1.82) is 0 Å². The van der Waals surface area contributed by atoms with Gasteiger partial charge < -0.3 is 0 Å². The van der Waals surface area contributed by atoms with E-state index >= 15 is 0 Å². The van der Waals surface area contributed by atoms with Gasteiger partial charge in [0.1, 0.15) is 0 Å². The van der Waals surface area contributed by atoms with E-state index < -0.39 is 0 Å². The predicted molar refractivity (Wildman–Crippen MR) is 69.9 cm³/mol. The van der Waals surface area contributed by atoms with Crippen LogP contribution < -0.4 is 0 Å². The van der Waals surface area contributed by atoms with Gasteiger partial charge in [-0.05, 0) is 47.6 Å². The molecule has 0 unspecified atom stereocenters. The molecule has 1 fully saturated rings. The lowest BCUT2D eigenvalue weighted by Crippen LogP contribution is -1.97. The minimum absolute atomic E-state index is 0.811. The molecule has 1 aliphatic rings. The smallest absolute Gasteiger partial charge is 0.0146 e. The Balaban J connectivity index is 2.23. The number of rotatable bonds is 1. The first-order valence-electron chi connectivity index (χ1n) is 6.34. The Hall–Kier alpha value is -1.30. The molecule has 0 N–H and O–H groups in total. The van der Waals surface area contributed by atoms with Crippen molar-refractivity contribution >= 4 is 10.8 Å². The fourth-order valence-corrected chi connectivity index (χ4v) is 3.16. The van der Waals surface area contributed by atoms with E-state index in [4.69, 9.17) is 0 Å². The summed E-state index contributed by atoms with van der Waals surface area (Å²) in [6, 6.07) is 13.4. The van der Waals surface area contributed by atoms with Crippen LogP contribution in [0, 0.1) is 6.92 Å². The molecule has 0 bridgehead atoms. The summed E-state index contributed by atoms with van der Waals surface area (Å²) in [5.74, 6) is 0.811. The first-order chi connectivity index (χ1) is 7.86. The average molecular weight is 210 g/mol. The van der Waals surface area contributed by atoms with E-state index in [1.807, 2.05) is 0 Å². The monoisotopic (exact) mass is 210 g/mol. The van der Waals surface area contributed by atoms with Crippen LogP contribution in [-0.4, -0.2) is 0 Å². The second kappa shape index (κ2) is 3.93. The molecule has 2 aromatic rings. The van der Waals surface area contributed by atoms with Crippen LogP contribution in [0.3, 0.4) is 0 Å². The molecule has 0 aliphatic heterocycles. The zero-order chi connectivity index (χ0) is 11.0. The number of fused-ring (bicyclic) bond motifs is 1. The Kier molecular flexibility index (Phi) is 2.43. The van der Waals surface area contributed by atoms with Crippen molar-refractivity contribution in [2.75, 3.05) is 0 Å². The third-order valence-electron chi connectivity index (χ3n) is 3.95. The molecule has 16 heavy (non-hydrogen) atoms. The summed E-state index contributed by atoms with van der Waals surface area (Å²) in [5, 5.41) is 2.88. The summed E-state index contributed by atoms with van der Waals surface area (Å²) in [4.78, 5) is 0. The highest BCUT2D eigenvalue weighted by atomic mass is 14.2. The molecule has 0 heteroatoms. The van der Waals surface area contributed by atoms with Gasteiger partial charge in [0.25, 0.3) is 0 Å². The minimum Gasteiger partial charge on any atom is -0.0616 e. The normalized spacial score (nSPS) is 17.1. The average Bonchev–Trinajstić information content (AvgIpc) is 2.82. The van der Waals surface area contributed by atoms with Gasteiger partial charge in [0.2, 0.25) is 0 Å². The van der Waals surface area contributed by atoms with Crippen LogP contribution in [0.25, 0.3) is 10.8 Å². The summed E-state index contributed by atoms with van der Waals surface area (Å²) in [6.45, 7) is 2.26. The summed E-state index contributed by atoms with van der Waals surface area (Å²) in [5.41, 5.74) is 3.10. The van der Waals surface area contributed by atoms with Gasteiger partial charge in [-0.2, -0.15) is 0 Å². The molecule has 1 aliphatic carbocycles. The molecule has 0 heterocycles. The van der Waals surface area contributed by atoms with Gasteiger partial charge >= 0.3 is 0 Å². The first-order valence-corrected chi connectivity index (χ1v) is 6.34. The van der Waals surface area contributed by atoms with Gasteiger partial charge in [-0.25, -0.2) is 0 Å². The van der Waals surface area contributed by atoms with Gasteiger partial charge in [0.05, 0.1) is 0 Å². The van der Waals surface area contributed by atoms with Crippen LogP contribution in [-0.2, 0) is 0 Å². The Bertz CT molecular complexity index is 504. The molecule has 0 amide bonds. The number of aryl methyl sites for hydroxylation is 1. The van der Waals surface area contributed by atoms with Crippen molar-refractivity contribution in [3.05, 3.63) is 47.5 Å². The van der Waals surface area contributed by atoms with Crippen molar-refractivity contribution in [1.82, 2.24) is 0 Å². The fourth-order valence-electron chi connectivity index (χ4n) is 3.16. The van der Waals surface area contributed by atoms with Crippen LogP contribution in [0.15, 0.2) is 36.4 Å². The van der Waals surface area contributed by atoms with Crippen molar-refractivity contribution in [3.63, 3.8) is 0 Å². The highest BCUT2D eigenvalue weighted by Crippen LogP contribution is 2.39. The lowest BCUT2D eigenvalue weighted by molar-refractivity contribution is 0.724. The molecule has 0 atom stereocenters. The maximum Gasteiger partial charge on any atom is -0.0146 e. The maximum atomic E-state index is 2.29. The van der Waals surface area contributed by atoms with E-state index in [0.29, 0.717) is 0 Å². The molecule has 0 nitrogen and oxygen atoms in total. The van der Waals surface area contributed by atoms with E-state index in [-0.39, 0.29) is 0 Å². The third kappa shape index (κ3) is 1.53.